The molecule has 0 saturated heterocycles. The lowest BCUT2D eigenvalue weighted by molar-refractivity contribution is 0.431. The summed E-state index contributed by atoms with van der Waals surface area (Å²) in [5.74, 6) is 0. The van der Waals surface area contributed by atoms with Gasteiger partial charge in [-0.25, -0.2) is 0 Å². The molecule has 122 valence electrons. The van der Waals surface area contributed by atoms with Gasteiger partial charge < -0.3 is 0 Å². The molecule has 2 aliphatic carbocycles. The zero-order valence-corrected chi connectivity index (χ0v) is 14.1. The average molecular weight is 293 g/mol. The first-order valence-corrected chi connectivity index (χ1v) is 9.85. The topological polar surface area (TPSA) is 24.7 Å². The van der Waals surface area contributed by atoms with Crippen LogP contribution in [0.4, 0.5) is 0 Å². The summed E-state index contributed by atoms with van der Waals surface area (Å²) in [7, 11) is 0. The maximum Gasteiger partial charge on any atom is 0.0708 e. The van der Waals surface area contributed by atoms with Gasteiger partial charge in [-0.1, -0.05) is 83.5 Å². The fraction of sp³-hybridized carbons (Fsp3) is 1.00. The number of nitrogens with zero attached hydrogens (tertiary/aromatic N) is 2. The minimum atomic E-state index is 0.538. The van der Waals surface area contributed by atoms with Gasteiger partial charge in [0.15, 0.2) is 0 Å². The van der Waals surface area contributed by atoms with Crippen LogP contribution in [-0.4, -0.2) is 12.1 Å². The predicted molar refractivity (Wildman–Crippen MR) is 90.9 cm³/mol. The Morgan fingerprint density at radius 1 is 0.333 bits per heavy atom. The van der Waals surface area contributed by atoms with Crippen LogP contribution >= 0.6 is 0 Å². The Morgan fingerprint density at radius 3 is 0.857 bits per heavy atom. The van der Waals surface area contributed by atoms with Gasteiger partial charge in [0.2, 0.25) is 0 Å². The van der Waals surface area contributed by atoms with Gasteiger partial charge in [0.05, 0.1) is 12.1 Å². The van der Waals surface area contributed by atoms with Gasteiger partial charge in [-0.2, -0.15) is 10.2 Å². The Morgan fingerprint density at radius 2 is 0.571 bits per heavy atom. The maximum atomic E-state index is 4.81. The van der Waals surface area contributed by atoms with E-state index in [1.807, 2.05) is 0 Å². The lowest BCUT2D eigenvalue weighted by atomic mass is 9.98. The van der Waals surface area contributed by atoms with Crippen LogP contribution in [0.15, 0.2) is 10.2 Å². The molecule has 0 N–H and O–H groups in total. The molecule has 0 radical (unpaired) electrons. The normalized spacial score (nSPS) is 26.1. The molecule has 2 rings (SSSR count). The van der Waals surface area contributed by atoms with Gasteiger partial charge in [-0.15, -0.1) is 0 Å². The van der Waals surface area contributed by atoms with E-state index in [1.165, 1.54) is 109 Å². The van der Waals surface area contributed by atoms with Crippen LogP contribution in [0.2, 0.25) is 0 Å². The van der Waals surface area contributed by atoms with Crippen LogP contribution in [0.1, 0.15) is 109 Å². The molecule has 0 bridgehead atoms. The van der Waals surface area contributed by atoms with Gasteiger partial charge >= 0.3 is 0 Å². The van der Waals surface area contributed by atoms with Crippen LogP contribution in [-0.2, 0) is 0 Å². The summed E-state index contributed by atoms with van der Waals surface area (Å²) in [6, 6.07) is 1.08. The summed E-state index contributed by atoms with van der Waals surface area (Å²) < 4.78 is 0. The van der Waals surface area contributed by atoms with E-state index >= 15 is 0 Å². The molecule has 2 saturated carbocycles. The molecule has 0 aromatic carbocycles. The molecule has 2 aliphatic rings. The lowest BCUT2D eigenvalue weighted by Gasteiger charge is -2.15. The number of rotatable bonds is 2. The standard InChI is InChI=1S/C19H36N2/c1-2-6-10-14-18(15-11-7-3-1)20-21-19-16-12-8-4-5-9-13-17-19/h18-19H,1-17H2. The molecule has 2 fully saturated rings. The largest absolute Gasteiger partial charge is 0.191 e. The van der Waals surface area contributed by atoms with Crippen molar-refractivity contribution >= 4 is 0 Å². The second-order valence-corrected chi connectivity index (χ2v) is 7.29. The van der Waals surface area contributed by atoms with E-state index in [0.717, 1.165) is 0 Å². The van der Waals surface area contributed by atoms with Gasteiger partial charge in [0.1, 0.15) is 0 Å². The third kappa shape index (κ3) is 7.97. The molecular weight excluding hydrogens is 256 g/mol. The summed E-state index contributed by atoms with van der Waals surface area (Å²) in [6.45, 7) is 0. The second kappa shape index (κ2) is 11.2. The molecule has 0 amide bonds. The predicted octanol–water partition coefficient (Wildman–Crippen LogP) is 6.83. The summed E-state index contributed by atoms with van der Waals surface area (Å²) in [6.07, 6.45) is 23.5. The van der Waals surface area contributed by atoms with Crippen molar-refractivity contribution in [3.05, 3.63) is 0 Å². The molecule has 0 atom stereocenters. The lowest BCUT2D eigenvalue weighted by Crippen LogP contribution is -2.08. The number of hydrogen-bond donors (Lipinski definition) is 0. The van der Waals surface area contributed by atoms with Gasteiger partial charge in [-0.05, 0) is 25.7 Å². The Balaban J connectivity index is 1.77. The van der Waals surface area contributed by atoms with Gasteiger partial charge in [0, 0.05) is 0 Å². The molecule has 0 heterocycles. The van der Waals surface area contributed by atoms with Crippen molar-refractivity contribution in [3.8, 4) is 0 Å². The van der Waals surface area contributed by atoms with Crippen LogP contribution < -0.4 is 0 Å². The smallest absolute Gasteiger partial charge is 0.0708 e. The summed E-state index contributed by atoms with van der Waals surface area (Å²) >= 11 is 0. The summed E-state index contributed by atoms with van der Waals surface area (Å²) in [5.41, 5.74) is 0. The molecule has 2 nitrogen and oxygen atoms in total. The van der Waals surface area contributed by atoms with E-state index in [-0.39, 0.29) is 0 Å². The minimum absolute atomic E-state index is 0.538. The zero-order valence-electron chi connectivity index (χ0n) is 14.1. The molecule has 2 heteroatoms. The molecule has 0 aromatic rings. The molecule has 0 aliphatic heterocycles. The van der Waals surface area contributed by atoms with E-state index in [4.69, 9.17) is 10.2 Å². The van der Waals surface area contributed by atoms with Crippen molar-refractivity contribution < 1.29 is 0 Å². The summed E-state index contributed by atoms with van der Waals surface area (Å²) in [5, 5.41) is 9.61. The highest BCUT2D eigenvalue weighted by atomic mass is 15.1. The van der Waals surface area contributed by atoms with Crippen molar-refractivity contribution in [1.82, 2.24) is 0 Å². The minimum Gasteiger partial charge on any atom is -0.191 e. The van der Waals surface area contributed by atoms with Crippen molar-refractivity contribution in [2.24, 2.45) is 10.2 Å². The van der Waals surface area contributed by atoms with Crippen molar-refractivity contribution in [1.29, 1.82) is 0 Å². The Bertz CT molecular complexity index is 255. The highest BCUT2D eigenvalue weighted by Gasteiger charge is 2.12. The quantitative estimate of drug-likeness (QED) is 0.498. The van der Waals surface area contributed by atoms with Crippen LogP contribution in [0.5, 0.6) is 0 Å². The summed E-state index contributed by atoms with van der Waals surface area (Å²) in [4.78, 5) is 0. The third-order valence-corrected chi connectivity index (χ3v) is 5.29. The van der Waals surface area contributed by atoms with E-state index in [1.54, 1.807) is 0 Å². The Hall–Kier alpha value is -0.400. The van der Waals surface area contributed by atoms with Crippen LogP contribution in [0.3, 0.4) is 0 Å². The molecule has 0 unspecified atom stereocenters. The van der Waals surface area contributed by atoms with Crippen molar-refractivity contribution in [2.75, 3.05) is 0 Å². The molecular formula is C19H36N2. The monoisotopic (exact) mass is 292 g/mol. The third-order valence-electron chi connectivity index (χ3n) is 5.29. The Kier molecular flexibility index (Phi) is 9.05. The van der Waals surface area contributed by atoms with Gasteiger partial charge in [-0.3, -0.25) is 0 Å². The van der Waals surface area contributed by atoms with Gasteiger partial charge in [0.25, 0.3) is 0 Å². The van der Waals surface area contributed by atoms with Crippen molar-refractivity contribution in [2.45, 2.75) is 121 Å². The SMILES string of the molecule is C1CCCCC(N=NC2CCCCCCCC2)CCCC1. The van der Waals surface area contributed by atoms with E-state index in [9.17, 15) is 0 Å². The molecule has 0 aromatic heterocycles. The first-order valence-electron chi connectivity index (χ1n) is 9.85. The Labute approximate surface area is 132 Å². The second-order valence-electron chi connectivity index (χ2n) is 7.29. The van der Waals surface area contributed by atoms with Crippen LogP contribution in [0.25, 0.3) is 0 Å². The van der Waals surface area contributed by atoms with E-state index in [2.05, 4.69) is 0 Å². The van der Waals surface area contributed by atoms with E-state index in [0.29, 0.717) is 12.1 Å². The molecule has 21 heavy (non-hydrogen) atoms. The highest BCUT2D eigenvalue weighted by molar-refractivity contribution is 4.71. The first-order chi connectivity index (χ1) is 10.4. The zero-order chi connectivity index (χ0) is 14.6. The fourth-order valence-electron chi connectivity index (χ4n) is 3.82. The first kappa shape index (κ1) is 17.0. The maximum absolute atomic E-state index is 4.81. The van der Waals surface area contributed by atoms with Crippen molar-refractivity contribution in [3.63, 3.8) is 0 Å². The van der Waals surface area contributed by atoms with E-state index < -0.39 is 0 Å². The molecule has 0 spiro atoms. The highest BCUT2D eigenvalue weighted by Crippen LogP contribution is 2.22. The van der Waals surface area contributed by atoms with Crippen LogP contribution in [0, 0.1) is 0 Å². The number of hydrogen-bond acceptors (Lipinski definition) is 2. The number of azo groups is 1. The fourth-order valence-corrected chi connectivity index (χ4v) is 3.82. The average Bonchev–Trinajstić information content (AvgIpc) is 2.65.